The van der Waals surface area contributed by atoms with Gasteiger partial charge in [0.25, 0.3) is 11.1 Å². The van der Waals surface area contributed by atoms with Gasteiger partial charge in [0.05, 0.1) is 6.61 Å². The van der Waals surface area contributed by atoms with Gasteiger partial charge in [0, 0.05) is 20.2 Å². The highest BCUT2D eigenvalue weighted by molar-refractivity contribution is 7.80. The summed E-state index contributed by atoms with van der Waals surface area (Å²) < 4.78 is 10.6. The van der Waals surface area contributed by atoms with Gasteiger partial charge >= 0.3 is 0 Å². The first-order chi connectivity index (χ1) is 7.58. The zero-order valence-corrected chi connectivity index (χ0v) is 10.4. The Morgan fingerprint density at radius 3 is 2.69 bits per heavy atom. The van der Waals surface area contributed by atoms with Gasteiger partial charge in [0.15, 0.2) is 0 Å². The van der Waals surface area contributed by atoms with E-state index in [0.29, 0.717) is 11.7 Å². The molecule has 0 aliphatic carbocycles. The minimum Gasteiger partial charge on any atom is -0.451 e. The first kappa shape index (κ1) is 11.6. The fraction of sp³-hybridized carbons (Fsp3) is 0.800. The van der Waals surface area contributed by atoms with E-state index in [9.17, 15) is 4.79 Å². The van der Waals surface area contributed by atoms with E-state index < -0.39 is 5.60 Å². The number of amides is 1. The molecule has 6 heteroatoms. The second-order valence-electron chi connectivity index (χ2n) is 4.29. The van der Waals surface area contributed by atoms with Crippen molar-refractivity contribution in [2.75, 3.05) is 26.8 Å². The van der Waals surface area contributed by atoms with E-state index in [4.69, 9.17) is 21.7 Å². The van der Waals surface area contributed by atoms with Crippen molar-refractivity contribution < 1.29 is 14.3 Å². The maximum atomic E-state index is 12.2. The third kappa shape index (κ3) is 1.76. The summed E-state index contributed by atoms with van der Waals surface area (Å²) in [6.45, 7) is 3.41. The van der Waals surface area contributed by atoms with Gasteiger partial charge in [0.1, 0.15) is 0 Å². The molecule has 0 aromatic heterocycles. The Labute approximate surface area is 100 Å². The third-order valence-corrected chi connectivity index (χ3v) is 3.21. The Kier molecular flexibility index (Phi) is 3.03. The van der Waals surface area contributed by atoms with E-state index in [2.05, 4.69) is 0 Å². The molecule has 5 nitrogen and oxygen atoms in total. The van der Waals surface area contributed by atoms with Crippen LogP contribution in [0.1, 0.15) is 19.8 Å². The fourth-order valence-corrected chi connectivity index (χ4v) is 2.47. The molecule has 0 aromatic rings. The summed E-state index contributed by atoms with van der Waals surface area (Å²) in [6, 6.07) is 0. The molecule has 0 N–H and O–H groups in total. The lowest BCUT2D eigenvalue weighted by molar-refractivity contribution is -0.183. The van der Waals surface area contributed by atoms with Crippen LogP contribution in [0.25, 0.3) is 0 Å². The van der Waals surface area contributed by atoms with Crippen LogP contribution in [0, 0.1) is 0 Å². The molecule has 16 heavy (non-hydrogen) atoms. The van der Waals surface area contributed by atoms with Gasteiger partial charge in [0.2, 0.25) is 5.60 Å². The van der Waals surface area contributed by atoms with Crippen LogP contribution in [0.5, 0.6) is 0 Å². The van der Waals surface area contributed by atoms with Crippen molar-refractivity contribution in [3.63, 3.8) is 0 Å². The number of hydrogen-bond donors (Lipinski definition) is 0. The lowest BCUT2D eigenvalue weighted by atomic mass is 10.1. The van der Waals surface area contributed by atoms with Gasteiger partial charge in [-0.2, -0.15) is 0 Å². The number of thiocarbonyl (C=S) groups is 1. The summed E-state index contributed by atoms with van der Waals surface area (Å²) in [5.41, 5.74) is -0.973. The standard InChI is InChI=1S/C10H16N2O3S/c1-10(7-14-2)8(13)11-5-3-4-6-12(11)9(16)15-10/h3-7H2,1-2H3. The van der Waals surface area contributed by atoms with Crippen LogP contribution in [0.3, 0.4) is 0 Å². The molecule has 0 saturated carbocycles. The summed E-state index contributed by atoms with van der Waals surface area (Å²) in [7, 11) is 1.55. The number of methoxy groups -OCH3 is 1. The highest BCUT2D eigenvalue weighted by Gasteiger charge is 2.48. The van der Waals surface area contributed by atoms with E-state index >= 15 is 0 Å². The smallest absolute Gasteiger partial charge is 0.287 e. The van der Waals surface area contributed by atoms with E-state index in [1.54, 1.807) is 24.1 Å². The predicted molar refractivity (Wildman–Crippen MR) is 61.6 cm³/mol. The predicted octanol–water partition coefficient (Wildman–Crippen LogP) is 0.546. The molecule has 2 rings (SSSR count). The second-order valence-corrected chi connectivity index (χ2v) is 4.64. The maximum absolute atomic E-state index is 12.2. The molecule has 1 unspecified atom stereocenters. The largest absolute Gasteiger partial charge is 0.451 e. The molecule has 2 saturated heterocycles. The number of carbonyl (C=O) groups excluding carboxylic acids is 1. The zero-order valence-electron chi connectivity index (χ0n) is 9.56. The molecule has 2 aliphatic heterocycles. The van der Waals surface area contributed by atoms with Gasteiger partial charge in [-0.1, -0.05) is 0 Å². The Bertz CT molecular complexity index is 323. The number of carbonyl (C=O) groups is 1. The number of hydrazine groups is 1. The normalized spacial score (nSPS) is 30.1. The van der Waals surface area contributed by atoms with Gasteiger partial charge < -0.3 is 9.47 Å². The minimum atomic E-state index is -0.973. The SMILES string of the molecule is COCC1(C)OC(=S)N2CCCCN2C1=O. The summed E-state index contributed by atoms with van der Waals surface area (Å²) >= 11 is 5.17. The fourth-order valence-electron chi connectivity index (χ4n) is 2.09. The minimum absolute atomic E-state index is 0.0670. The molecule has 2 heterocycles. The average molecular weight is 244 g/mol. The van der Waals surface area contributed by atoms with E-state index in [1.807, 2.05) is 0 Å². The lowest BCUT2D eigenvalue weighted by Crippen LogP contribution is -2.66. The molecule has 2 aliphatic rings. The van der Waals surface area contributed by atoms with Crippen LogP contribution >= 0.6 is 12.2 Å². The Hall–Kier alpha value is -0.880. The van der Waals surface area contributed by atoms with Crippen molar-refractivity contribution in [2.24, 2.45) is 0 Å². The van der Waals surface area contributed by atoms with Crippen LogP contribution in [0.2, 0.25) is 0 Å². The van der Waals surface area contributed by atoms with Crippen LogP contribution in [0.4, 0.5) is 0 Å². The molecule has 0 aromatic carbocycles. The number of ether oxygens (including phenoxy) is 2. The highest BCUT2D eigenvalue weighted by atomic mass is 32.1. The Balaban J connectivity index is 2.22. The van der Waals surface area contributed by atoms with Crippen LogP contribution in [-0.4, -0.2) is 53.5 Å². The van der Waals surface area contributed by atoms with Crippen molar-refractivity contribution in [1.82, 2.24) is 10.0 Å². The van der Waals surface area contributed by atoms with Gasteiger partial charge in [-0.25, -0.2) is 10.0 Å². The van der Waals surface area contributed by atoms with Crippen molar-refractivity contribution in [1.29, 1.82) is 0 Å². The molecule has 1 atom stereocenters. The van der Waals surface area contributed by atoms with Crippen molar-refractivity contribution >= 4 is 23.3 Å². The first-order valence-electron chi connectivity index (χ1n) is 5.40. The number of hydrogen-bond acceptors (Lipinski definition) is 4. The van der Waals surface area contributed by atoms with Crippen LogP contribution < -0.4 is 0 Å². The second kappa shape index (κ2) is 4.18. The molecule has 1 amide bonds. The number of nitrogens with zero attached hydrogens (tertiary/aromatic N) is 2. The van der Waals surface area contributed by atoms with Gasteiger partial charge in [-0.05, 0) is 32.0 Å². The van der Waals surface area contributed by atoms with Gasteiger partial charge in [-0.15, -0.1) is 0 Å². The monoisotopic (exact) mass is 244 g/mol. The topological polar surface area (TPSA) is 42.0 Å². The molecule has 2 fully saturated rings. The Morgan fingerprint density at radius 1 is 1.44 bits per heavy atom. The molecular formula is C10H16N2O3S. The van der Waals surface area contributed by atoms with Crippen LogP contribution in [0.15, 0.2) is 0 Å². The molecule has 0 spiro atoms. The van der Waals surface area contributed by atoms with Crippen molar-refractivity contribution in [2.45, 2.75) is 25.4 Å². The van der Waals surface area contributed by atoms with E-state index in [1.165, 1.54) is 0 Å². The van der Waals surface area contributed by atoms with Gasteiger partial charge in [-0.3, -0.25) is 4.79 Å². The molecule has 90 valence electrons. The number of rotatable bonds is 2. The third-order valence-electron chi connectivity index (χ3n) is 2.91. The zero-order chi connectivity index (χ0) is 11.8. The molecular weight excluding hydrogens is 228 g/mol. The summed E-state index contributed by atoms with van der Waals surface area (Å²) in [6.07, 6.45) is 2.04. The van der Waals surface area contributed by atoms with Crippen molar-refractivity contribution in [3.05, 3.63) is 0 Å². The summed E-state index contributed by atoms with van der Waals surface area (Å²) in [5.74, 6) is -0.0670. The van der Waals surface area contributed by atoms with E-state index in [0.717, 1.165) is 19.4 Å². The van der Waals surface area contributed by atoms with Crippen molar-refractivity contribution in [3.8, 4) is 0 Å². The first-order valence-corrected chi connectivity index (χ1v) is 5.80. The maximum Gasteiger partial charge on any atom is 0.287 e. The summed E-state index contributed by atoms with van der Waals surface area (Å²) in [5, 5.41) is 3.81. The Morgan fingerprint density at radius 2 is 2.06 bits per heavy atom. The lowest BCUT2D eigenvalue weighted by Gasteiger charge is -2.48. The van der Waals surface area contributed by atoms with Crippen LogP contribution in [-0.2, 0) is 14.3 Å². The molecule has 0 radical (unpaired) electrons. The number of fused-ring (bicyclic) bond motifs is 1. The average Bonchev–Trinajstić information content (AvgIpc) is 2.27. The quantitative estimate of drug-likeness (QED) is 0.663. The summed E-state index contributed by atoms with van der Waals surface area (Å²) in [4.78, 5) is 12.2. The highest BCUT2D eigenvalue weighted by Crippen LogP contribution is 2.27. The molecule has 0 bridgehead atoms. The van der Waals surface area contributed by atoms with E-state index in [-0.39, 0.29) is 12.5 Å².